The van der Waals surface area contributed by atoms with Gasteiger partial charge in [0.05, 0.1) is 10.9 Å². The molecule has 0 bridgehead atoms. The molecular weight excluding hydrogens is 376 g/mol. The fourth-order valence-electron chi connectivity index (χ4n) is 2.86. The van der Waals surface area contributed by atoms with Gasteiger partial charge in [0, 0.05) is 0 Å². The lowest BCUT2D eigenvalue weighted by Crippen LogP contribution is -2.72. The first-order valence-electron chi connectivity index (χ1n) is 7.34. The molecule has 0 saturated carbocycles. The molecule has 1 aromatic carbocycles. The van der Waals surface area contributed by atoms with Crippen LogP contribution >= 0.6 is 11.3 Å². The summed E-state index contributed by atoms with van der Waals surface area (Å²) in [5, 5.41) is 15.5. The molecule has 5 nitrogen and oxygen atoms in total. The highest BCUT2D eigenvalue weighted by molar-refractivity contribution is 7.12. The molecule has 2 aromatic rings. The third-order valence-electron chi connectivity index (χ3n) is 4.08. The molecule has 3 rings (SSSR count). The maximum absolute atomic E-state index is 13.6. The number of halogens is 4. The Hall–Kier alpha value is -2.46. The second kappa shape index (κ2) is 6.36. The van der Waals surface area contributed by atoms with Crippen molar-refractivity contribution in [1.82, 2.24) is 10.6 Å². The van der Waals surface area contributed by atoms with E-state index in [1.54, 1.807) is 0 Å². The summed E-state index contributed by atoms with van der Waals surface area (Å²) in [7, 11) is 0. The van der Waals surface area contributed by atoms with Crippen LogP contribution in [-0.2, 0) is 0 Å². The van der Waals surface area contributed by atoms with Crippen LogP contribution in [0.25, 0.3) is 0 Å². The lowest BCUT2D eigenvalue weighted by atomic mass is 9.78. The molecule has 1 aromatic heterocycles. The molecule has 0 aliphatic carbocycles. The smallest absolute Gasteiger partial charge is 0.363 e. The van der Waals surface area contributed by atoms with Gasteiger partial charge in [0.2, 0.25) is 5.72 Å². The normalized spacial score (nSPS) is 26.1. The van der Waals surface area contributed by atoms with Crippen LogP contribution < -0.4 is 10.6 Å². The zero-order valence-corrected chi connectivity index (χ0v) is 13.7. The Morgan fingerprint density at radius 1 is 1.19 bits per heavy atom. The van der Waals surface area contributed by atoms with Crippen molar-refractivity contribution in [3.8, 4) is 0 Å². The van der Waals surface area contributed by atoms with Gasteiger partial charge in [0.15, 0.2) is 5.78 Å². The number of thiophene rings is 1. The molecule has 1 aliphatic rings. The number of hydrogen-bond donors (Lipinski definition) is 3. The number of carbonyl (C=O) groups is 2. The maximum Gasteiger partial charge on any atom is 0.437 e. The van der Waals surface area contributed by atoms with Gasteiger partial charge in [-0.3, -0.25) is 4.79 Å². The third kappa shape index (κ3) is 3.06. The van der Waals surface area contributed by atoms with Gasteiger partial charge in [-0.1, -0.05) is 18.2 Å². The van der Waals surface area contributed by atoms with E-state index in [4.69, 9.17) is 0 Å². The van der Waals surface area contributed by atoms with E-state index < -0.39 is 41.5 Å². The number of Topliss-reactive ketones (excluding diaryl/α,β-unsaturated/α-hetero) is 1. The number of amides is 2. The van der Waals surface area contributed by atoms with Crippen LogP contribution in [0.2, 0.25) is 0 Å². The number of rotatable bonds is 3. The fraction of sp³-hybridized carbons (Fsp3) is 0.250. The molecule has 26 heavy (non-hydrogen) atoms. The maximum atomic E-state index is 13.6. The van der Waals surface area contributed by atoms with Crippen molar-refractivity contribution in [3.05, 3.63) is 58.0 Å². The number of alkyl halides is 3. The summed E-state index contributed by atoms with van der Waals surface area (Å²) in [6.45, 7) is 0. The molecule has 3 atom stereocenters. The van der Waals surface area contributed by atoms with E-state index in [2.05, 4.69) is 5.32 Å². The van der Waals surface area contributed by atoms with Gasteiger partial charge in [-0.25, -0.2) is 9.18 Å². The topological polar surface area (TPSA) is 78.4 Å². The molecule has 138 valence electrons. The molecule has 0 spiro atoms. The van der Waals surface area contributed by atoms with Crippen LogP contribution in [0.4, 0.5) is 22.4 Å². The van der Waals surface area contributed by atoms with E-state index in [9.17, 15) is 32.3 Å². The summed E-state index contributed by atoms with van der Waals surface area (Å²) >= 11 is 0.908. The van der Waals surface area contributed by atoms with Crippen LogP contribution in [0.5, 0.6) is 0 Å². The lowest BCUT2D eigenvalue weighted by Gasteiger charge is -2.44. The number of ketones is 1. The largest absolute Gasteiger partial charge is 0.437 e. The van der Waals surface area contributed by atoms with Gasteiger partial charge in [0.1, 0.15) is 11.7 Å². The first kappa shape index (κ1) is 18.3. The van der Waals surface area contributed by atoms with E-state index in [1.165, 1.54) is 22.8 Å². The quantitative estimate of drug-likeness (QED) is 0.559. The monoisotopic (exact) mass is 388 g/mol. The third-order valence-corrected chi connectivity index (χ3v) is 4.97. The highest BCUT2D eigenvalue weighted by Gasteiger charge is 2.66. The minimum Gasteiger partial charge on any atom is -0.363 e. The zero-order chi connectivity index (χ0) is 19.1. The molecule has 3 N–H and O–H groups in total. The van der Waals surface area contributed by atoms with Gasteiger partial charge >= 0.3 is 12.2 Å². The lowest BCUT2D eigenvalue weighted by molar-refractivity contribution is -0.287. The Kier molecular flexibility index (Phi) is 4.49. The second-order valence-electron chi connectivity index (χ2n) is 5.71. The molecule has 2 amide bonds. The molecule has 1 fully saturated rings. The summed E-state index contributed by atoms with van der Waals surface area (Å²) in [4.78, 5) is 24.5. The zero-order valence-electron chi connectivity index (χ0n) is 12.9. The minimum atomic E-state index is -5.32. The Balaban J connectivity index is 2.14. The number of aliphatic hydroxyl groups is 1. The van der Waals surface area contributed by atoms with Gasteiger partial charge in [0.25, 0.3) is 0 Å². The average Bonchev–Trinajstić information content (AvgIpc) is 3.08. The van der Waals surface area contributed by atoms with Crippen LogP contribution in [0.15, 0.2) is 41.8 Å². The van der Waals surface area contributed by atoms with Crippen molar-refractivity contribution < 1.29 is 32.3 Å². The highest BCUT2D eigenvalue weighted by Crippen LogP contribution is 2.44. The fourth-order valence-corrected chi connectivity index (χ4v) is 3.56. The molecule has 0 radical (unpaired) electrons. The van der Waals surface area contributed by atoms with Gasteiger partial charge < -0.3 is 15.7 Å². The Labute approximate surface area is 148 Å². The van der Waals surface area contributed by atoms with Crippen molar-refractivity contribution in [2.75, 3.05) is 0 Å². The molecule has 2 heterocycles. The van der Waals surface area contributed by atoms with Crippen LogP contribution in [0.1, 0.15) is 21.3 Å². The first-order chi connectivity index (χ1) is 12.1. The molecule has 1 aliphatic heterocycles. The molecule has 10 heteroatoms. The van der Waals surface area contributed by atoms with Crippen LogP contribution in [-0.4, -0.2) is 28.8 Å². The van der Waals surface area contributed by atoms with E-state index in [0.29, 0.717) is 0 Å². The van der Waals surface area contributed by atoms with Crippen molar-refractivity contribution in [1.29, 1.82) is 0 Å². The Morgan fingerprint density at radius 2 is 1.85 bits per heavy atom. The number of benzene rings is 1. The Morgan fingerprint density at radius 3 is 2.38 bits per heavy atom. The van der Waals surface area contributed by atoms with Crippen LogP contribution in [0, 0.1) is 11.7 Å². The summed E-state index contributed by atoms with van der Waals surface area (Å²) in [5.41, 5.74) is -3.73. The van der Waals surface area contributed by atoms with E-state index >= 15 is 0 Å². The van der Waals surface area contributed by atoms with Gasteiger partial charge in [-0.2, -0.15) is 13.2 Å². The minimum absolute atomic E-state index is 0.0114. The van der Waals surface area contributed by atoms with E-state index in [1.807, 2.05) is 0 Å². The number of nitrogens with one attached hydrogen (secondary N) is 2. The van der Waals surface area contributed by atoms with Crippen molar-refractivity contribution in [2.45, 2.75) is 17.9 Å². The summed E-state index contributed by atoms with van der Waals surface area (Å²) in [5.74, 6) is -3.74. The number of urea groups is 1. The van der Waals surface area contributed by atoms with Crippen molar-refractivity contribution in [2.24, 2.45) is 5.92 Å². The predicted molar refractivity (Wildman–Crippen MR) is 84.0 cm³/mol. The summed E-state index contributed by atoms with van der Waals surface area (Å²) < 4.78 is 54.0. The SMILES string of the molecule is O=C1N[C@@H](c2ccc(F)cc2)[C@H](C(=O)c2cccs2)[C@](O)(C(F)(F)F)N1. The Bertz CT molecular complexity index is 823. The standard InChI is InChI=1S/C16H12F4N2O3S/c17-9-5-3-8(4-6-9)12-11(13(23)10-2-1-7-26-10)15(25,16(18,19)20)22-14(24)21-12/h1-7,11-12,25H,(H2,21,22,24)/t11-,12+,15+/m1/s1. The number of carbonyl (C=O) groups excluding carboxylic acids is 2. The first-order valence-corrected chi connectivity index (χ1v) is 8.22. The second-order valence-corrected chi connectivity index (χ2v) is 6.66. The van der Waals surface area contributed by atoms with Gasteiger partial charge in [-0.05, 0) is 29.1 Å². The summed E-state index contributed by atoms with van der Waals surface area (Å²) in [6, 6.07) is 4.27. The van der Waals surface area contributed by atoms with E-state index in [0.717, 1.165) is 35.6 Å². The highest BCUT2D eigenvalue weighted by atomic mass is 32.1. The average molecular weight is 388 g/mol. The predicted octanol–water partition coefficient (Wildman–Crippen LogP) is 2.99. The molecule has 1 saturated heterocycles. The van der Waals surface area contributed by atoms with E-state index in [-0.39, 0.29) is 10.4 Å². The number of hydrogen-bond acceptors (Lipinski definition) is 4. The molecule has 0 unspecified atom stereocenters. The summed E-state index contributed by atoms with van der Waals surface area (Å²) in [6.07, 6.45) is -5.32. The molecular formula is C16H12F4N2O3S. The van der Waals surface area contributed by atoms with Crippen molar-refractivity contribution >= 4 is 23.2 Å². The van der Waals surface area contributed by atoms with Crippen LogP contribution in [0.3, 0.4) is 0 Å². The van der Waals surface area contributed by atoms with Gasteiger partial charge in [-0.15, -0.1) is 11.3 Å². The van der Waals surface area contributed by atoms with Crippen molar-refractivity contribution in [3.63, 3.8) is 0 Å².